The van der Waals surface area contributed by atoms with Crippen LogP contribution in [0.2, 0.25) is 0 Å². The molecule has 0 rings (SSSR count). The molecular weight excluding hydrogens is 208 g/mol. The van der Waals surface area contributed by atoms with Crippen LogP contribution in [0.4, 0.5) is 0 Å². The third kappa shape index (κ3) is 8.82. The molecule has 0 saturated carbocycles. The van der Waals surface area contributed by atoms with Gasteiger partial charge < -0.3 is 5.32 Å². The molecule has 0 spiro atoms. The number of rotatable bonds is 6. The highest BCUT2D eigenvalue weighted by molar-refractivity contribution is 7.91. The second-order valence-electron chi connectivity index (χ2n) is 2.73. The van der Waals surface area contributed by atoms with Crippen molar-refractivity contribution in [2.24, 2.45) is 5.11 Å². The maximum atomic E-state index is 10.9. The molecule has 8 heteroatoms. The van der Waals surface area contributed by atoms with Crippen molar-refractivity contribution in [2.45, 2.75) is 6.42 Å². The molecule has 80 valence electrons. The number of carbonyl (C=O) groups excluding carboxylic acids is 1. The van der Waals surface area contributed by atoms with E-state index in [-0.39, 0.29) is 6.54 Å². The molecule has 0 aliphatic heterocycles. The minimum atomic E-state index is -3.26. The smallest absolute Gasteiger partial charge is 0.235 e. The van der Waals surface area contributed by atoms with Gasteiger partial charge in [0.2, 0.25) is 5.91 Å². The molecule has 0 unspecified atom stereocenters. The Morgan fingerprint density at radius 3 is 2.71 bits per heavy atom. The van der Waals surface area contributed by atoms with Gasteiger partial charge in [-0.3, -0.25) is 4.79 Å². The Kier molecular flexibility index (Phi) is 5.66. The van der Waals surface area contributed by atoms with E-state index in [1.165, 1.54) is 0 Å². The van der Waals surface area contributed by atoms with Crippen molar-refractivity contribution in [1.29, 1.82) is 0 Å². The van der Waals surface area contributed by atoms with E-state index in [1.807, 2.05) is 0 Å². The zero-order chi connectivity index (χ0) is 11.0. The van der Waals surface area contributed by atoms with Gasteiger partial charge in [-0.2, -0.15) is 0 Å². The quantitative estimate of drug-likeness (QED) is 0.290. The fraction of sp³-hybridized carbons (Fsp3) is 0.833. The first-order valence-electron chi connectivity index (χ1n) is 3.91. The molecule has 0 aliphatic rings. The number of hydrogen-bond acceptors (Lipinski definition) is 4. The highest BCUT2D eigenvalue weighted by Crippen LogP contribution is 1.84. The van der Waals surface area contributed by atoms with Crippen LogP contribution < -0.4 is 5.32 Å². The second-order valence-corrected chi connectivity index (χ2v) is 4.87. The molecule has 1 amide bonds. The Morgan fingerprint density at radius 2 is 2.21 bits per heavy atom. The molecule has 14 heavy (non-hydrogen) atoms. The molecule has 0 bridgehead atoms. The topological polar surface area (TPSA) is 112 Å². The lowest BCUT2D eigenvalue weighted by Gasteiger charge is -2.01. The normalized spacial score (nSPS) is 10.4. The fourth-order valence-electron chi connectivity index (χ4n) is 0.711. The van der Waals surface area contributed by atoms with Gasteiger partial charge in [0.25, 0.3) is 0 Å². The molecule has 1 N–H and O–H groups in total. The minimum Gasteiger partial charge on any atom is -0.355 e. The van der Waals surface area contributed by atoms with Gasteiger partial charge in [0.15, 0.2) is 9.84 Å². The SMILES string of the molecule is CS(=O)(=O)CC(=O)NCCCN=[N+]=[N-]. The van der Waals surface area contributed by atoms with E-state index in [0.29, 0.717) is 13.0 Å². The zero-order valence-electron chi connectivity index (χ0n) is 7.80. The summed E-state index contributed by atoms with van der Waals surface area (Å²) in [5, 5.41) is 5.65. The summed E-state index contributed by atoms with van der Waals surface area (Å²) in [6.07, 6.45) is 1.49. The zero-order valence-corrected chi connectivity index (χ0v) is 8.62. The average molecular weight is 220 g/mol. The highest BCUT2D eigenvalue weighted by atomic mass is 32.2. The van der Waals surface area contributed by atoms with E-state index in [0.717, 1.165) is 6.26 Å². The Bertz CT molecular complexity index is 331. The fourth-order valence-corrected chi connectivity index (χ4v) is 1.29. The van der Waals surface area contributed by atoms with Crippen LogP contribution in [0.25, 0.3) is 10.4 Å². The molecule has 0 saturated heterocycles. The van der Waals surface area contributed by atoms with Crippen molar-refractivity contribution < 1.29 is 13.2 Å². The van der Waals surface area contributed by atoms with E-state index >= 15 is 0 Å². The van der Waals surface area contributed by atoms with Crippen LogP contribution in [0, 0.1) is 0 Å². The van der Waals surface area contributed by atoms with Crippen LogP contribution in [-0.4, -0.2) is 39.4 Å². The van der Waals surface area contributed by atoms with E-state index in [2.05, 4.69) is 15.3 Å². The summed E-state index contributed by atoms with van der Waals surface area (Å²) in [5.74, 6) is -1.04. The van der Waals surface area contributed by atoms with Crippen molar-refractivity contribution in [1.82, 2.24) is 5.32 Å². The highest BCUT2D eigenvalue weighted by Gasteiger charge is 2.09. The van der Waals surface area contributed by atoms with Crippen molar-refractivity contribution in [2.75, 3.05) is 25.1 Å². The molecule has 0 aromatic heterocycles. The third-order valence-electron chi connectivity index (χ3n) is 1.21. The van der Waals surface area contributed by atoms with Crippen molar-refractivity contribution in [3.63, 3.8) is 0 Å². The molecular formula is C6H12N4O3S. The minimum absolute atomic E-state index is 0.287. The predicted octanol–water partition coefficient (Wildman–Crippen LogP) is -0.152. The number of nitrogens with zero attached hydrogens (tertiary/aromatic N) is 3. The lowest BCUT2D eigenvalue weighted by atomic mass is 10.4. The van der Waals surface area contributed by atoms with Gasteiger partial charge in [-0.25, -0.2) is 8.42 Å². The van der Waals surface area contributed by atoms with Crippen LogP contribution >= 0.6 is 0 Å². The number of hydrogen-bond donors (Lipinski definition) is 1. The molecule has 0 aromatic rings. The van der Waals surface area contributed by atoms with E-state index in [9.17, 15) is 13.2 Å². The summed E-state index contributed by atoms with van der Waals surface area (Å²) >= 11 is 0. The Hall–Kier alpha value is -1.27. The summed E-state index contributed by atoms with van der Waals surface area (Å²) in [5.41, 5.74) is 7.92. The number of azide groups is 1. The molecule has 0 heterocycles. The third-order valence-corrected chi connectivity index (χ3v) is 2.00. The number of sulfone groups is 1. The van der Waals surface area contributed by atoms with Gasteiger partial charge in [0.1, 0.15) is 5.75 Å². The summed E-state index contributed by atoms with van der Waals surface area (Å²) in [7, 11) is -3.26. The van der Waals surface area contributed by atoms with E-state index < -0.39 is 21.5 Å². The second kappa shape index (κ2) is 6.22. The van der Waals surface area contributed by atoms with E-state index in [4.69, 9.17) is 5.53 Å². The maximum absolute atomic E-state index is 10.9. The first-order valence-corrected chi connectivity index (χ1v) is 5.97. The van der Waals surface area contributed by atoms with Gasteiger partial charge in [-0.1, -0.05) is 5.11 Å². The standard InChI is InChI=1S/C6H12N4O3S/c1-14(12,13)5-6(11)8-3-2-4-9-10-7/h2-5H2,1H3,(H,8,11). The Labute approximate surface area is 82.0 Å². The van der Waals surface area contributed by atoms with Crippen molar-refractivity contribution in [3.8, 4) is 0 Å². The number of amides is 1. The largest absolute Gasteiger partial charge is 0.355 e. The summed E-state index contributed by atoms with van der Waals surface area (Å²) in [4.78, 5) is 13.4. The van der Waals surface area contributed by atoms with Crippen LogP contribution in [-0.2, 0) is 14.6 Å². The van der Waals surface area contributed by atoms with Crippen LogP contribution in [0.15, 0.2) is 5.11 Å². The van der Waals surface area contributed by atoms with Gasteiger partial charge in [0, 0.05) is 24.3 Å². The summed E-state index contributed by atoms with van der Waals surface area (Å²) in [6, 6.07) is 0. The van der Waals surface area contributed by atoms with Crippen LogP contribution in [0.5, 0.6) is 0 Å². The van der Waals surface area contributed by atoms with Crippen LogP contribution in [0.1, 0.15) is 6.42 Å². The molecule has 0 radical (unpaired) electrons. The Balaban J connectivity index is 3.60. The van der Waals surface area contributed by atoms with Gasteiger partial charge >= 0.3 is 0 Å². The lowest BCUT2D eigenvalue weighted by molar-refractivity contribution is -0.118. The number of nitrogens with one attached hydrogen (secondary N) is 1. The van der Waals surface area contributed by atoms with Crippen molar-refractivity contribution >= 4 is 15.7 Å². The first-order chi connectivity index (χ1) is 6.45. The summed E-state index contributed by atoms with van der Waals surface area (Å²) < 4.78 is 21.3. The Morgan fingerprint density at radius 1 is 1.57 bits per heavy atom. The molecule has 0 atom stereocenters. The molecule has 7 nitrogen and oxygen atoms in total. The maximum Gasteiger partial charge on any atom is 0.235 e. The van der Waals surface area contributed by atoms with Crippen LogP contribution in [0.3, 0.4) is 0 Å². The predicted molar refractivity (Wildman–Crippen MR) is 51.4 cm³/mol. The molecule has 0 aliphatic carbocycles. The summed E-state index contributed by atoms with van der Waals surface area (Å²) in [6.45, 7) is 0.600. The van der Waals surface area contributed by atoms with E-state index in [1.54, 1.807) is 0 Å². The first kappa shape index (κ1) is 12.7. The monoisotopic (exact) mass is 220 g/mol. The van der Waals surface area contributed by atoms with Gasteiger partial charge in [-0.15, -0.1) is 0 Å². The van der Waals surface area contributed by atoms with Gasteiger partial charge in [0.05, 0.1) is 0 Å². The average Bonchev–Trinajstić information content (AvgIpc) is 2.00. The molecule has 0 aromatic carbocycles. The van der Waals surface area contributed by atoms with Gasteiger partial charge in [-0.05, 0) is 12.0 Å². The van der Waals surface area contributed by atoms with Crippen molar-refractivity contribution in [3.05, 3.63) is 10.4 Å². The number of carbonyl (C=O) groups is 1. The lowest BCUT2D eigenvalue weighted by Crippen LogP contribution is -2.30. The molecule has 0 fully saturated rings.